The number of hydrogen-bond donors (Lipinski definition) is 1. The Morgan fingerprint density at radius 3 is 2.78 bits per heavy atom. The van der Waals surface area contributed by atoms with Crippen LogP contribution in [-0.2, 0) is 4.74 Å². The van der Waals surface area contributed by atoms with E-state index in [1.165, 1.54) is 0 Å². The molecule has 0 atom stereocenters. The van der Waals surface area contributed by atoms with Crippen molar-refractivity contribution >= 4 is 17.2 Å². The Balaban J connectivity index is 2.14. The number of aromatic carboxylic acids is 1. The van der Waals surface area contributed by atoms with Crippen molar-refractivity contribution in [1.29, 1.82) is 0 Å². The van der Waals surface area contributed by atoms with Gasteiger partial charge in [0.15, 0.2) is 5.69 Å². The predicted molar refractivity (Wildman–Crippen MR) is 67.4 cm³/mol. The van der Waals surface area contributed by atoms with Gasteiger partial charge in [-0.25, -0.2) is 4.79 Å². The van der Waals surface area contributed by atoms with Gasteiger partial charge < -0.3 is 19.1 Å². The Morgan fingerprint density at radius 1 is 1.28 bits per heavy atom. The van der Waals surface area contributed by atoms with Crippen LogP contribution in [0.4, 0.5) is 5.69 Å². The van der Waals surface area contributed by atoms with E-state index in [0.29, 0.717) is 18.9 Å². The van der Waals surface area contributed by atoms with Crippen LogP contribution >= 0.6 is 0 Å². The number of ether oxygens (including phenoxy) is 1. The van der Waals surface area contributed by atoms with E-state index < -0.39 is 5.97 Å². The molecule has 3 rings (SSSR count). The Bertz CT molecular complexity index is 585. The standard InChI is InChI=1S/C13H14N2O3/c16-13(17)12-11(14-5-7-18-8-6-14)9-10-3-1-2-4-15(10)12/h1-4,9H,5-8H2,(H,16,17). The summed E-state index contributed by atoms with van der Waals surface area (Å²) in [5.74, 6) is -0.900. The number of anilines is 1. The molecule has 18 heavy (non-hydrogen) atoms. The molecule has 1 fully saturated rings. The highest BCUT2D eigenvalue weighted by molar-refractivity contribution is 5.95. The number of carboxylic acid groups (broad SMARTS) is 1. The number of hydrogen-bond acceptors (Lipinski definition) is 3. The second kappa shape index (κ2) is 4.34. The predicted octanol–water partition coefficient (Wildman–Crippen LogP) is 1.47. The molecule has 0 bridgehead atoms. The topological polar surface area (TPSA) is 54.2 Å². The van der Waals surface area contributed by atoms with E-state index in [1.807, 2.05) is 24.3 Å². The number of aromatic nitrogens is 1. The first kappa shape index (κ1) is 11.1. The summed E-state index contributed by atoms with van der Waals surface area (Å²) in [6.07, 6.45) is 1.78. The number of nitrogens with zero attached hydrogens (tertiary/aromatic N) is 2. The first-order valence-electron chi connectivity index (χ1n) is 5.93. The molecule has 3 heterocycles. The van der Waals surface area contributed by atoms with Crippen LogP contribution < -0.4 is 4.90 Å². The van der Waals surface area contributed by atoms with Gasteiger partial charge in [-0.2, -0.15) is 0 Å². The molecule has 2 aromatic heterocycles. The van der Waals surface area contributed by atoms with Crippen LogP contribution in [-0.4, -0.2) is 41.8 Å². The van der Waals surface area contributed by atoms with E-state index >= 15 is 0 Å². The van der Waals surface area contributed by atoms with Crippen LogP contribution in [0.2, 0.25) is 0 Å². The van der Waals surface area contributed by atoms with Gasteiger partial charge in [0.2, 0.25) is 0 Å². The normalized spacial score (nSPS) is 16.1. The molecule has 0 spiro atoms. The fourth-order valence-corrected chi connectivity index (χ4v) is 2.37. The number of carboxylic acids is 1. The van der Waals surface area contributed by atoms with Crippen LogP contribution in [0.15, 0.2) is 30.5 Å². The number of pyridine rings is 1. The maximum Gasteiger partial charge on any atom is 0.355 e. The lowest BCUT2D eigenvalue weighted by Crippen LogP contribution is -2.36. The molecule has 94 valence electrons. The van der Waals surface area contributed by atoms with E-state index in [1.54, 1.807) is 10.6 Å². The number of rotatable bonds is 2. The Kier molecular flexibility index (Phi) is 2.68. The molecule has 0 aliphatic carbocycles. The molecular weight excluding hydrogens is 232 g/mol. The van der Waals surface area contributed by atoms with Crippen LogP contribution in [0.3, 0.4) is 0 Å². The van der Waals surface area contributed by atoms with Crippen molar-refractivity contribution < 1.29 is 14.6 Å². The summed E-state index contributed by atoms with van der Waals surface area (Å²) in [6, 6.07) is 7.58. The van der Waals surface area contributed by atoms with Crippen molar-refractivity contribution in [3.63, 3.8) is 0 Å². The molecule has 1 aliphatic heterocycles. The zero-order chi connectivity index (χ0) is 12.5. The van der Waals surface area contributed by atoms with Crippen LogP contribution in [0.25, 0.3) is 5.52 Å². The molecule has 1 saturated heterocycles. The lowest BCUT2D eigenvalue weighted by molar-refractivity contribution is 0.0689. The number of fused-ring (bicyclic) bond motifs is 1. The van der Waals surface area contributed by atoms with Crippen LogP contribution in [0.5, 0.6) is 0 Å². The van der Waals surface area contributed by atoms with E-state index in [2.05, 4.69) is 4.90 Å². The average Bonchev–Trinajstić information content (AvgIpc) is 2.79. The van der Waals surface area contributed by atoms with Crippen molar-refractivity contribution in [2.75, 3.05) is 31.2 Å². The molecule has 1 aliphatic rings. The van der Waals surface area contributed by atoms with Gasteiger partial charge >= 0.3 is 5.97 Å². The minimum absolute atomic E-state index is 0.326. The minimum Gasteiger partial charge on any atom is -0.476 e. The Morgan fingerprint density at radius 2 is 2.06 bits per heavy atom. The zero-order valence-corrected chi connectivity index (χ0v) is 9.87. The maximum absolute atomic E-state index is 11.5. The summed E-state index contributed by atoms with van der Waals surface area (Å²) in [6.45, 7) is 2.75. The van der Waals surface area contributed by atoms with Crippen molar-refractivity contribution in [1.82, 2.24) is 4.40 Å². The molecule has 5 heteroatoms. The molecule has 0 aromatic carbocycles. The molecule has 0 saturated carbocycles. The minimum atomic E-state index is -0.900. The fraction of sp³-hybridized carbons (Fsp3) is 0.308. The van der Waals surface area contributed by atoms with Crippen LogP contribution in [0.1, 0.15) is 10.5 Å². The molecule has 5 nitrogen and oxygen atoms in total. The number of morpholine rings is 1. The second-order valence-corrected chi connectivity index (χ2v) is 4.28. The highest BCUT2D eigenvalue weighted by atomic mass is 16.5. The molecule has 0 unspecified atom stereocenters. The van der Waals surface area contributed by atoms with Gasteiger partial charge in [-0.3, -0.25) is 0 Å². The first-order valence-corrected chi connectivity index (χ1v) is 5.93. The van der Waals surface area contributed by atoms with Gasteiger partial charge in [0.05, 0.1) is 18.9 Å². The second-order valence-electron chi connectivity index (χ2n) is 4.28. The van der Waals surface area contributed by atoms with Crippen LogP contribution in [0, 0.1) is 0 Å². The summed E-state index contributed by atoms with van der Waals surface area (Å²) in [5.41, 5.74) is 2.00. The summed E-state index contributed by atoms with van der Waals surface area (Å²) in [4.78, 5) is 13.5. The molecule has 1 N–H and O–H groups in total. The highest BCUT2D eigenvalue weighted by Crippen LogP contribution is 2.26. The van der Waals surface area contributed by atoms with Gasteiger partial charge in [0.1, 0.15) is 0 Å². The monoisotopic (exact) mass is 246 g/mol. The summed E-state index contributed by atoms with van der Waals surface area (Å²) in [5, 5.41) is 9.40. The van der Waals surface area contributed by atoms with Crippen molar-refractivity contribution in [3.8, 4) is 0 Å². The van der Waals surface area contributed by atoms with Gasteiger partial charge in [0, 0.05) is 24.8 Å². The van der Waals surface area contributed by atoms with E-state index in [9.17, 15) is 9.90 Å². The molecule has 0 amide bonds. The third-order valence-electron chi connectivity index (χ3n) is 3.21. The lowest BCUT2D eigenvalue weighted by atomic mass is 10.3. The lowest BCUT2D eigenvalue weighted by Gasteiger charge is -2.28. The van der Waals surface area contributed by atoms with E-state index in [0.717, 1.165) is 24.3 Å². The average molecular weight is 246 g/mol. The van der Waals surface area contributed by atoms with Crippen molar-refractivity contribution in [2.24, 2.45) is 0 Å². The van der Waals surface area contributed by atoms with E-state index in [-0.39, 0.29) is 0 Å². The van der Waals surface area contributed by atoms with Gasteiger partial charge in [-0.1, -0.05) is 6.07 Å². The SMILES string of the molecule is O=C(O)c1c(N2CCOCC2)cc2ccccn12. The fourth-order valence-electron chi connectivity index (χ4n) is 2.37. The summed E-state index contributed by atoms with van der Waals surface area (Å²) < 4.78 is 7.02. The van der Waals surface area contributed by atoms with Gasteiger partial charge in [-0.15, -0.1) is 0 Å². The quantitative estimate of drug-likeness (QED) is 0.872. The van der Waals surface area contributed by atoms with E-state index in [4.69, 9.17) is 4.74 Å². The Labute approximate surface area is 104 Å². The molecule has 2 aromatic rings. The smallest absolute Gasteiger partial charge is 0.355 e. The Hall–Kier alpha value is -2.01. The third kappa shape index (κ3) is 1.73. The molecule has 0 radical (unpaired) electrons. The first-order chi connectivity index (χ1) is 8.77. The maximum atomic E-state index is 11.5. The summed E-state index contributed by atoms with van der Waals surface area (Å²) >= 11 is 0. The van der Waals surface area contributed by atoms with Gasteiger partial charge in [-0.05, 0) is 18.2 Å². The van der Waals surface area contributed by atoms with Crippen molar-refractivity contribution in [3.05, 3.63) is 36.2 Å². The van der Waals surface area contributed by atoms with Crippen molar-refractivity contribution in [2.45, 2.75) is 0 Å². The molecular formula is C13H14N2O3. The number of carbonyl (C=O) groups is 1. The third-order valence-corrected chi connectivity index (χ3v) is 3.21. The van der Waals surface area contributed by atoms with Gasteiger partial charge in [0.25, 0.3) is 0 Å². The highest BCUT2D eigenvalue weighted by Gasteiger charge is 2.22. The zero-order valence-electron chi connectivity index (χ0n) is 9.87. The largest absolute Gasteiger partial charge is 0.476 e. The summed E-state index contributed by atoms with van der Waals surface area (Å²) in [7, 11) is 0.